The summed E-state index contributed by atoms with van der Waals surface area (Å²) in [7, 11) is -2.43. The number of hydrogen-bond donors (Lipinski definition) is 0. The third-order valence-corrected chi connectivity index (χ3v) is 5.37. The van der Waals surface area contributed by atoms with Gasteiger partial charge < -0.3 is 9.96 Å². The third kappa shape index (κ3) is 16.1. The zero-order valence-corrected chi connectivity index (χ0v) is 20.3. The first kappa shape index (κ1) is 28.1. The Morgan fingerprint density at radius 2 is 0.846 bits per heavy atom. The quantitative estimate of drug-likeness (QED) is 0.477. The van der Waals surface area contributed by atoms with Crippen LogP contribution in [-0.4, -0.2) is 35.3 Å². The molecule has 0 aromatic heterocycles. The molecule has 0 aliphatic carbocycles. The first-order valence-electron chi connectivity index (χ1n) is 8.61. The maximum atomic E-state index is 4.67. The maximum Gasteiger partial charge on any atom is 2.00 e. The van der Waals surface area contributed by atoms with E-state index in [0.29, 0.717) is 0 Å². The van der Waals surface area contributed by atoms with Crippen molar-refractivity contribution in [3.8, 4) is 0 Å². The van der Waals surface area contributed by atoms with Crippen LogP contribution in [0.1, 0.15) is 11.1 Å². The molecule has 0 aliphatic rings. The molecule has 2 radical (unpaired) electrons. The van der Waals surface area contributed by atoms with Crippen molar-refractivity contribution >= 4 is 35.3 Å². The van der Waals surface area contributed by atoms with E-state index in [-0.39, 0.29) is 35.9 Å². The van der Waals surface area contributed by atoms with Crippen molar-refractivity contribution in [2.75, 3.05) is 0 Å². The van der Waals surface area contributed by atoms with Gasteiger partial charge in [-0.1, -0.05) is 128 Å². The van der Waals surface area contributed by atoms with Gasteiger partial charge in [0.15, 0.2) is 0 Å². The summed E-state index contributed by atoms with van der Waals surface area (Å²) < 4.78 is 0. The molecule has 0 atom stereocenters. The van der Waals surface area contributed by atoms with Crippen LogP contribution in [0.5, 0.6) is 0 Å². The van der Waals surface area contributed by atoms with Crippen LogP contribution in [0.4, 0.5) is 0 Å². The molecule has 0 fully saturated rings. The molecule has 0 N–H and O–H groups in total. The standard InChI is InChI=1S/2C10H16NSi.Cu.Li/c2*1-12(2,3)11-9-10-7-5-4-6-8-10;;/h2*4-8H,9H2,1-3H3;;/q2*-1;+2;. The minimum atomic E-state index is -1.22. The van der Waals surface area contributed by atoms with Crippen LogP contribution in [0, 0.1) is 0 Å². The van der Waals surface area contributed by atoms with Crippen molar-refractivity contribution < 1.29 is 17.1 Å². The van der Waals surface area contributed by atoms with Gasteiger partial charge >= 0.3 is 17.1 Å². The molecule has 0 saturated carbocycles. The molecule has 0 unspecified atom stereocenters. The molecular weight excluding hydrogens is 395 g/mol. The SMILES string of the molecule is C[Si](C)(C)[N-]Cc1ccccc1.C[Si](C)(C)[N-]Cc1ccccc1.[Cu+2].[Li]. The second kappa shape index (κ2) is 14.0. The molecule has 2 aromatic rings. The van der Waals surface area contributed by atoms with Gasteiger partial charge in [-0.25, -0.2) is 0 Å². The van der Waals surface area contributed by atoms with Gasteiger partial charge in [-0.2, -0.15) is 0 Å². The number of rotatable bonds is 6. The Morgan fingerprint density at radius 1 is 0.577 bits per heavy atom. The fourth-order valence-corrected chi connectivity index (χ4v) is 3.14. The molecule has 0 heterocycles. The van der Waals surface area contributed by atoms with Crippen LogP contribution < -0.4 is 0 Å². The molecule has 26 heavy (non-hydrogen) atoms. The van der Waals surface area contributed by atoms with E-state index in [1.54, 1.807) is 0 Å². The Bertz CT molecular complexity index is 516. The average Bonchev–Trinajstić information content (AvgIpc) is 2.52. The first-order chi connectivity index (χ1) is 11.2. The van der Waals surface area contributed by atoms with Gasteiger partial charge in [0.2, 0.25) is 0 Å². The predicted octanol–water partition coefficient (Wildman–Crippen LogP) is 6.41. The van der Waals surface area contributed by atoms with Crippen LogP contribution in [0.25, 0.3) is 9.96 Å². The Kier molecular flexibility index (Phi) is 15.1. The zero-order chi connectivity index (χ0) is 18.1. The summed E-state index contributed by atoms with van der Waals surface area (Å²) in [4.78, 5) is 9.33. The molecule has 0 bridgehead atoms. The van der Waals surface area contributed by atoms with Gasteiger partial charge in [0.25, 0.3) is 0 Å². The fraction of sp³-hybridized carbons (Fsp3) is 0.400. The first-order valence-corrected chi connectivity index (χ1v) is 15.5. The molecule has 0 saturated heterocycles. The van der Waals surface area contributed by atoms with E-state index in [2.05, 4.69) is 97.8 Å². The summed E-state index contributed by atoms with van der Waals surface area (Å²) in [6.07, 6.45) is 0. The van der Waals surface area contributed by atoms with E-state index in [4.69, 9.17) is 0 Å². The monoisotopic (exact) mass is 426 g/mol. The number of hydrogen-bond acceptors (Lipinski definition) is 0. The summed E-state index contributed by atoms with van der Waals surface area (Å²) in [6.45, 7) is 15.3. The van der Waals surface area contributed by atoms with Crippen LogP contribution in [0.3, 0.4) is 0 Å². The van der Waals surface area contributed by atoms with Crippen LogP contribution >= 0.6 is 0 Å². The summed E-state index contributed by atoms with van der Waals surface area (Å²) in [5, 5.41) is 0. The van der Waals surface area contributed by atoms with Gasteiger partial charge in [-0.05, 0) is 0 Å². The minimum absolute atomic E-state index is 0. The topological polar surface area (TPSA) is 28.2 Å². The van der Waals surface area contributed by atoms with Gasteiger partial charge in [-0.3, -0.25) is 0 Å². The van der Waals surface area contributed by atoms with Gasteiger partial charge in [0.05, 0.1) is 0 Å². The van der Waals surface area contributed by atoms with Crippen molar-refractivity contribution in [1.29, 1.82) is 0 Å². The van der Waals surface area contributed by atoms with Crippen molar-refractivity contribution in [1.82, 2.24) is 0 Å². The summed E-state index contributed by atoms with van der Waals surface area (Å²) >= 11 is 0. The second-order valence-electron chi connectivity index (χ2n) is 7.95. The zero-order valence-electron chi connectivity index (χ0n) is 17.4. The summed E-state index contributed by atoms with van der Waals surface area (Å²) in [6, 6.07) is 20.9. The van der Waals surface area contributed by atoms with E-state index < -0.39 is 16.5 Å². The molecule has 142 valence electrons. The Labute approximate surface area is 185 Å². The summed E-state index contributed by atoms with van der Waals surface area (Å²) in [5.41, 5.74) is 2.64. The fourth-order valence-electron chi connectivity index (χ4n) is 1.82. The van der Waals surface area contributed by atoms with Gasteiger partial charge in [0, 0.05) is 18.9 Å². The molecule has 2 rings (SSSR count). The van der Waals surface area contributed by atoms with Crippen LogP contribution in [-0.2, 0) is 30.2 Å². The predicted molar refractivity (Wildman–Crippen MR) is 119 cm³/mol. The smallest absolute Gasteiger partial charge is 0.661 e. The van der Waals surface area contributed by atoms with Crippen LogP contribution in [0.2, 0.25) is 39.3 Å². The third-order valence-electron chi connectivity index (χ3n) is 3.16. The summed E-state index contributed by atoms with van der Waals surface area (Å²) in [5.74, 6) is 0. The van der Waals surface area contributed by atoms with E-state index in [0.717, 1.165) is 13.1 Å². The normalized spacial score (nSPS) is 10.7. The van der Waals surface area contributed by atoms with E-state index >= 15 is 0 Å². The van der Waals surface area contributed by atoms with Crippen molar-refractivity contribution in [3.05, 3.63) is 81.8 Å². The Balaban J connectivity index is 0. The molecule has 2 nitrogen and oxygen atoms in total. The van der Waals surface area contributed by atoms with Gasteiger partial charge in [0.1, 0.15) is 0 Å². The van der Waals surface area contributed by atoms with Crippen molar-refractivity contribution in [2.45, 2.75) is 52.4 Å². The molecule has 0 amide bonds. The average molecular weight is 427 g/mol. The van der Waals surface area contributed by atoms with E-state index in [9.17, 15) is 0 Å². The molecule has 6 heteroatoms. The maximum absolute atomic E-state index is 4.67. The van der Waals surface area contributed by atoms with Crippen LogP contribution in [0.15, 0.2) is 60.7 Å². The second-order valence-corrected chi connectivity index (χ2v) is 17.3. The number of nitrogens with zero attached hydrogens (tertiary/aromatic N) is 2. The molecular formula is C20H32CuLiN2Si2. The van der Waals surface area contributed by atoms with Gasteiger partial charge in [-0.15, -0.1) is 13.1 Å². The van der Waals surface area contributed by atoms with Crippen molar-refractivity contribution in [2.24, 2.45) is 0 Å². The largest absolute Gasteiger partial charge is 2.00 e. The minimum Gasteiger partial charge on any atom is -0.661 e. The number of benzene rings is 2. The molecule has 0 spiro atoms. The Hall–Kier alpha value is -0.0894. The van der Waals surface area contributed by atoms with E-state index in [1.807, 2.05) is 12.1 Å². The Morgan fingerprint density at radius 3 is 1.08 bits per heavy atom. The van der Waals surface area contributed by atoms with Crippen molar-refractivity contribution in [3.63, 3.8) is 0 Å². The van der Waals surface area contributed by atoms with E-state index in [1.165, 1.54) is 11.1 Å². The molecule has 2 aromatic carbocycles. The molecule has 0 aliphatic heterocycles.